The highest BCUT2D eigenvalue weighted by molar-refractivity contribution is 5.18. The summed E-state index contributed by atoms with van der Waals surface area (Å²) in [4.78, 5) is 2.02. The predicted octanol–water partition coefficient (Wildman–Crippen LogP) is 2.01. The maximum Gasteiger partial charge on any atom is 0.130 e. The molecule has 0 unspecified atom stereocenters. The SMILES string of the molecule is CNCCCN(C)Cc1ccc(F)cc1F. The number of rotatable bonds is 6. The number of hydrogen-bond donors (Lipinski definition) is 1. The van der Waals surface area contributed by atoms with Gasteiger partial charge in [-0.3, -0.25) is 0 Å². The van der Waals surface area contributed by atoms with Crippen LogP contribution >= 0.6 is 0 Å². The van der Waals surface area contributed by atoms with Gasteiger partial charge in [0.15, 0.2) is 0 Å². The molecule has 0 aliphatic heterocycles. The Kier molecular flexibility index (Phi) is 5.35. The molecule has 0 fully saturated rings. The first-order chi connectivity index (χ1) is 7.63. The minimum Gasteiger partial charge on any atom is -0.320 e. The minimum atomic E-state index is -0.529. The lowest BCUT2D eigenvalue weighted by molar-refractivity contribution is 0.315. The zero-order valence-corrected chi connectivity index (χ0v) is 9.76. The van der Waals surface area contributed by atoms with Crippen LogP contribution in [0.25, 0.3) is 0 Å². The molecule has 4 heteroatoms. The van der Waals surface area contributed by atoms with Crippen molar-refractivity contribution in [2.45, 2.75) is 13.0 Å². The first-order valence-electron chi connectivity index (χ1n) is 5.40. The van der Waals surface area contributed by atoms with E-state index in [0.29, 0.717) is 12.1 Å². The second-order valence-corrected chi connectivity index (χ2v) is 3.93. The molecule has 90 valence electrons. The molecule has 0 saturated heterocycles. The van der Waals surface area contributed by atoms with E-state index in [2.05, 4.69) is 5.32 Å². The Hall–Kier alpha value is -1.00. The standard InChI is InChI=1S/C12H18F2N2/c1-15-6-3-7-16(2)9-10-4-5-11(13)8-12(10)14/h4-5,8,15H,3,6-7,9H2,1-2H3. The lowest BCUT2D eigenvalue weighted by atomic mass is 10.2. The van der Waals surface area contributed by atoms with Crippen LogP contribution in [-0.2, 0) is 6.54 Å². The minimum absolute atomic E-state index is 0.472. The van der Waals surface area contributed by atoms with Crippen LogP contribution in [0, 0.1) is 11.6 Å². The highest BCUT2D eigenvalue weighted by atomic mass is 19.1. The summed E-state index contributed by atoms with van der Waals surface area (Å²) >= 11 is 0. The van der Waals surface area contributed by atoms with Gasteiger partial charge in [0.1, 0.15) is 11.6 Å². The molecule has 0 spiro atoms. The van der Waals surface area contributed by atoms with Crippen LogP contribution < -0.4 is 5.32 Å². The molecule has 0 aliphatic rings. The molecule has 0 bridgehead atoms. The highest BCUT2D eigenvalue weighted by Crippen LogP contribution is 2.11. The van der Waals surface area contributed by atoms with Crippen molar-refractivity contribution in [1.29, 1.82) is 0 Å². The number of nitrogens with one attached hydrogen (secondary N) is 1. The topological polar surface area (TPSA) is 15.3 Å². The fourth-order valence-corrected chi connectivity index (χ4v) is 1.55. The normalized spacial score (nSPS) is 11.1. The van der Waals surface area contributed by atoms with Crippen molar-refractivity contribution in [3.63, 3.8) is 0 Å². The van der Waals surface area contributed by atoms with Crippen molar-refractivity contribution in [3.05, 3.63) is 35.4 Å². The molecular weight excluding hydrogens is 210 g/mol. The summed E-state index contributed by atoms with van der Waals surface area (Å²) in [7, 11) is 3.83. The number of hydrogen-bond acceptors (Lipinski definition) is 2. The predicted molar refractivity (Wildman–Crippen MR) is 61.2 cm³/mol. The third-order valence-electron chi connectivity index (χ3n) is 2.42. The van der Waals surface area contributed by atoms with Gasteiger partial charge >= 0.3 is 0 Å². The molecular formula is C12H18F2N2. The fraction of sp³-hybridized carbons (Fsp3) is 0.500. The molecule has 1 aromatic carbocycles. The van der Waals surface area contributed by atoms with Gasteiger partial charge in [0.05, 0.1) is 0 Å². The second kappa shape index (κ2) is 6.55. The third-order valence-corrected chi connectivity index (χ3v) is 2.42. The van der Waals surface area contributed by atoms with Gasteiger partial charge in [-0.25, -0.2) is 8.78 Å². The maximum atomic E-state index is 13.3. The van der Waals surface area contributed by atoms with E-state index < -0.39 is 11.6 Å². The zero-order valence-electron chi connectivity index (χ0n) is 9.76. The van der Waals surface area contributed by atoms with Gasteiger partial charge < -0.3 is 10.2 Å². The molecule has 0 aromatic heterocycles. The summed E-state index contributed by atoms with van der Waals surface area (Å²) in [5.74, 6) is -1.00. The van der Waals surface area contributed by atoms with Crippen LogP contribution in [0.3, 0.4) is 0 Å². The van der Waals surface area contributed by atoms with Gasteiger partial charge in [0.25, 0.3) is 0 Å². The monoisotopic (exact) mass is 228 g/mol. The maximum absolute atomic E-state index is 13.3. The van der Waals surface area contributed by atoms with Gasteiger partial charge in [-0.05, 0) is 39.7 Å². The molecule has 0 saturated carbocycles. The third kappa shape index (κ3) is 4.24. The molecule has 1 rings (SSSR count). The van der Waals surface area contributed by atoms with E-state index in [0.717, 1.165) is 25.6 Å². The van der Waals surface area contributed by atoms with Crippen LogP contribution in [-0.4, -0.2) is 32.1 Å². The molecule has 0 aliphatic carbocycles. The van der Waals surface area contributed by atoms with Crippen molar-refractivity contribution in [2.75, 3.05) is 27.2 Å². The Morgan fingerprint density at radius 3 is 2.69 bits per heavy atom. The van der Waals surface area contributed by atoms with Gasteiger partial charge in [-0.15, -0.1) is 0 Å². The second-order valence-electron chi connectivity index (χ2n) is 3.93. The van der Waals surface area contributed by atoms with E-state index in [4.69, 9.17) is 0 Å². The summed E-state index contributed by atoms with van der Waals surface area (Å²) < 4.78 is 26.0. The number of halogens is 2. The smallest absolute Gasteiger partial charge is 0.130 e. The van der Waals surface area contributed by atoms with Crippen molar-refractivity contribution in [1.82, 2.24) is 10.2 Å². The zero-order chi connectivity index (χ0) is 12.0. The van der Waals surface area contributed by atoms with Crippen molar-refractivity contribution in [3.8, 4) is 0 Å². The Labute approximate surface area is 95.3 Å². The molecule has 0 radical (unpaired) electrons. The molecule has 0 atom stereocenters. The highest BCUT2D eigenvalue weighted by Gasteiger charge is 2.06. The average molecular weight is 228 g/mol. The molecule has 0 heterocycles. The number of benzene rings is 1. The summed E-state index contributed by atoms with van der Waals surface area (Å²) in [5, 5.41) is 3.06. The molecule has 16 heavy (non-hydrogen) atoms. The Morgan fingerprint density at radius 1 is 1.31 bits per heavy atom. The quantitative estimate of drug-likeness (QED) is 0.749. The first kappa shape index (κ1) is 13.1. The first-order valence-corrected chi connectivity index (χ1v) is 5.40. The van der Waals surface area contributed by atoms with Crippen LogP contribution in [0.2, 0.25) is 0 Å². The summed E-state index contributed by atoms with van der Waals surface area (Å²) in [6.07, 6.45) is 1.01. The van der Waals surface area contributed by atoms with Crippen LogP contribution in [0.15, 0.2) is 18.2 Å². The van der Waals surface area contributed by atoms with E-state index in [1.54, 1.807) is 0 Å². The van der Waals surface area contributed by atoms with E-state index in [1.165, 1.54) is 12.1 Å². The van der Waals surface area contributed by atoms with Crippen LogP contribution in [0.5, 0.6) is 0 Å². The van der Waals surface area contributed by atoms with Crippen molar-refractivity contribution in [2.24, 2.45) is 0 Å². The lowest BCUT2D eigenvalue weighted by Crippen LogP contribution is -2.22. The Balaban J connectivity index is 2.46. The van der Waals surface area contributed by atoms with Gasteiger partial charge in [-0.2, -0.15) is 0 Å². The summed E-state index contributed by atoms with van der Waals surface area (Å²) in [6.45, 7) is 2.34. The fourth-order valence-electron chi connectivity index (χ4n) is 1.55. The van der Waals surface area contributed by atoms with E-state index >= 15 is 0 Å². The Morgan fingerprint density at radius 2 is 2.06 bits per heavy atom. The van der Waals surface area contributed by atoms with Gasteiger partial charge in [-0.1, -0.05) is 6.07 Å². The molecule has 2 nitrogen and oxygen atoms in total. The molecule has 0 amide bonds. The summed E-state index contributed by atoms with van der Waals surface area (Å²) in [5.41, 5.74) is 0.536. The Bertz CT molecular complexity index is 329. The van der Waals surface area contributed by atoms with Gasteiger partial charge in [0, 0.05) is 18.2 Å². The van der Waals surface area contributed by atoms with E-state index in [-0.39, 0.29) is 0 Å². The van der Waals surface area contributed by atoms with Crippen LogP contribution in [0.1, 0.15) is 12.0 Å². The van der Waals surface area contributed by atoms with E-state index in [1.807, 2.05) is 19.0 Å². The van der Waals surface area contributed by atoms with E-state index in [9.17, 15) is 8.78 Å². The van der Waals surface area contributed by atoms with Crippen molar-refractivity contribution < 1.29 is 8.78 Å². The largest absolute Gasteiger partial charge is 0.320 e. The van der Waals surface area contributed by atoms with Gasteiger partial charge in [0.2, 0.25) is 0 Å². The average Bonchev–Trinajstić information content (AvgIpc) is 2.23. The number of nitrogens with zero attached hydrogens (tertiary/aromatic N) is 1. The lowest BCUT2D eigenvalue weighted by Gasteiger charge is -2.16. The molecule has 1 N–H and O–H groups in total. The molecule has 1 aromatic rings. The summed E-state index contributed by atoms with van der Waals surface area (Å²) in [6, 6.07) is 3.72. The van der Waals surface area contributed by atoms with Crippen LogP contribution in [0.4, 0.5) is 8.78 Å². The van der Waals surface area contributed by atoms with Crippen molar-refractivity contribution >= 4 is 0 Å².